The lowest BCUT2D eigenvalue weighted by Gasteiger charge is -2.26. The summed E-state index contributed by atoms with van der Waals surface area (Å²) in [5.41, 5.74) is 1.19. The molecule has 1 aliphatic rings. The highest BCUT2D eigenvalue weighted by atomic mass is 32.1. The number of carbonyl (C=O) groups is 1. The van der Waals surface area contributed by atoms with Crippen molar-refractivity contribution in [2.75, 3.05) is 0 Å². The smallest absolute Gasteiger partial charge is 0.142 e. The van der Waals surface area contributed by atoms with Crippen molar-refractivity contribution in [3.8, 4) is 0 Å². The van der Waals surface area contributed by atoms with Gasteiger partial charge in [-0.15, -0.1) is 11.3 Å². The molecule has 0 atom stereocenters. The van der Waals surface area contributed by atoms with E-state index in [1.54, 1.807) is 11.3 Å². The number of rotatable bonds is 4. The van der Waals surface area contributed by atoms with Crippen LogP contribution in [0, 0.1) is 11.8 Å². The fourth-order valence-corrected chi connectivity index (χ4v) is 3.95. The summed E-state index contributed by atoms with van der Waals surface area (Å²) in [6, 6.07) is 0. The summed E-state index contributed by atoms with van der Waals surface area (Å²) in [6.07, 6.45) is 6.46. The van der Waals surface area contributed by atoms with Crippen LogP contribution in [-0.2, 0) is 16.6 Å². The van der Waals surface area contributed by atoms with Gasteiger partial charge < -0.3 is 0 Å². The lowest BCUT2D eigenvalue weighted by molar-refractivity contribution is -0.123. The quantitative estimate of drug-likeness (QED) is 0.800. The van der Waals surface area contributed by atoms with Crippen LogP contribution >= 0.6 is 11.3 Å². The van der Waals surface area contributed by atoms with E-state index in [0.29, 0.717) is 18.1 Å². The molecule has 3 heteroatoms. The van der Waals surface area contributed by atoms with Gasteiger partial charge in [-0.3, -0.25) is 4.79 Å². The normalized spacial score (nSPS) is 23.8. The predicted molar refractivity (Wildman–Crippen MR) is 85.3 cm³/mol. The van der Waals surface area contributed by atoms with Crippen LogP contribution in [0.5, 0.6) is 0 Å². The van der Waals surface area contributed by atoms with E-state index in [-0.39, 0.29) is 5.41 Å². The maximum absolute atomic E-state index is 12.4. The molecule has 2 nitrogen and oxygen atoms in total. The molecule has 0 spiro atoms. The summed E-state index contributed by atoms with van der Waals surface area (Å²) in [5.74, 6) is 1.56. The lowest BCUT2D eigenvalue weighted by Crippen LogP contribution is -2.23. The standard InChI is InChI=1S/C17H27NOS/c1-5-12-6-8-13(9-7-12)14(19)10-16-18-15(11-20-16)17(2,3)4/h11-13H,5-10H2,1-4H3. The Kier molecular flexibility index (Phi) is 5.00. The van der Waals surface area contributed by atoms with Crippen molar-refractivity contribution in [1.82, 2.24) is 4.98 Å². The van der Waals surface area contributed by atoms with Gasteiger partial charge >= 0.3 is 0 Å². The number of aromatic nitrogens is 1. The van der Waals surface area contributed by atoms with Crippen molar-refractivity contribution in [2.45, 2.75) is 71.6 Å². The van der Waals surface area contributed by atoms with E-state index >= 15 is 0 Å². The third kappa shape index (κ3) is 3.91. The Morgan fingerprint density at radius 2 is 1.95 bits per heavy atom. The first-order chi connectivity index (χ1) is 9.40. The summed E-state index contributed by atoms with van der Waals surface area (Å²) < 4.78 is 0. The van der Waals surface area contributed by atoms with E-state index < -0.39 is 0 Å². The summed E-state index contributed by atoms with van der Waals surface area (Å²) in [6.45, 7) is 8.76. The minimum Gasteiger partial charge on any atom is -0.299 e. The number of hydrogen-bond donors (Lipinski definition) is 0. The van der Waals surface area contributed by atoms with E-state index in [2.05, 4.69) is 38.1 Å². The third-order valence-electron chi connectivity index (χ3n) is 4.53. The van der Waals surface area contributed by atoms with Gasteiger partial charge in [-0.25, -0.2) is 4.98 Å². The third-order valence-corrected chi connectivity index (χ3v) is 5.37. The average Bonchev–Trinajstić information content (AvgIpc) is 2.87. The van der Waals surface area contributed by atoms with E-state index in [1.165, 1.54) is 19.3 Å². The summed E-state index contributed by atoms with van der Waals surface area (Å²) in [4.78, 5) is 17.0. The van der Waals surface area contributed by atoms with Gasteiger partial charge in [0.15, 0.2) is 0 Å². The Balaban J connectivity index is 1.90. The van der Waals surface area contributed by atoms with Crippen LogP contribution < -0.4 is 0 Å². The molecule has 1 aromatic rings. The van der Waals surface area contributed by atoms with Crippen LogP contribution in [0.3, 0.4) is 0 Å². The molecule has 0 aromatic carbocycles. The first-order valence-corrected chi connectivity index (χ1v) is 8.75. The van der Waals surface area contributed by atoms with Gasteiger partial charge in [-0.2, -0.15) is 0 Å². The number of hydrogen-bond acceptors (Lipinski definition) is 3. The van der Waals surface area contributed by atoms with Crippen molar-refractivity contribution in [3.63, 3.8) is 0 Å². The summed E-state index contributed by atoms with van der Waals surface area (Å²) in [7, 11) is 0. The zero-order chi connectivity index (χ0) is 14.8. The largest absolute Gasteiger partial charge is 0.299 e. The molecule has 0 saturated heterocycles. The molecule has 1 fully saturated rings. The van der Waals surface area contributed by atoms with Gasteiger partial charge in [0.25, 0.3) is 0 Å². The zero-order valence-electron chi connectivity index (χ0n) is 13.2. The monoisotopic (exact) mass is 293 g/mol. The molecule has 0 aliphatic heterocycles. The van der Waals surface area contributed by atoms with Gasteiger partial charge in [0.1, 0.15) is 10.8 Å². The van der Waals surface area contributed by atoms with Crippen LogP contribution in [0.15, 0.2) is 5.38 Å². The molecular weight excluding hydrogens is 266 g/mol. The Hall–Kier alpha value is -0.700. The Labute approximate surface area is 127 Å². The minimum atomic E-state index is 0.0803. The van der Waals surface area contributed by atoms with Crippen LogP contribution in [0.2, 0.25) is 0 Å². The number of nitrogens with zero attached hydrogens (tertiary/aromatic N) is 1. The molecular formula is C17H27NOS. The predicted octanol–water partition coefficient (Wildman–Crippen LogP) is 4.77. The van der Waals surface area contributed by atoms with Crippen molar-refractivity contribution in [3.05, 3.63) is 16.1 Å². The van der Waals surface area contributed by atoms with Crippen molar-refractivity contribution < 1.29 is 4.79 Å². The van der Waals surface area contributed by atoms with E-state index in [9.17, 15) is 4.79 Å². The van der Waals surface area contributed by atoms with E-state index in [1.807, 2.05) is 0 Å². The van der Waals surface area contributed by atoms with E-state index in [4.69, 9.17) is 0 Å². The Morgan fingerprint density at radius 3 is 2.45 bits per heavy atom. The lowest BCUT2D eigenvalue weighted by atomic mass is 9.78. The van der Waals surface area contributed by atoms with E-state index in [0.717, 1.165) is 29.5 Å². The molecule has 1 aromatic heterocycles. The fraction of sp³-hybridized carbons (Fsp3) is 0.765. The van der Waals surface area contributed by atoms with Gasteiger partial charge in [-0.05, 0) is 31.6 Å². The first-order valence-electron chi connectivity index (χ1n) is 7.87. The molecule has 2 rings (SSSR count). The first kappa shape index (κ1) is 15.7. The molecule has 0 amide bonds. The molecule has 0 unspecified atom stereocenters. The molecule has 0 radical (unpaired) electrons. The summed E-state index contributed by atoms with van der Waals surface area (Å²) >= 11 is 1.64. The Bertz CT molecular complexity index is 450. The fourth-order valence-electron chi connectivity index (χ4n) is 2.92. The van der Waals surface area contributed by atoms with Crippen LogP contribution in [0.1, 0.15) is 70.5 Å². The zero-order valence-corrected chi connectivity index (χ0v) is 14.1. The highest BCUT2D eigenvalue weighted by Crippen LogP contribution is 2.32. The van der Waals surface area contributed by atoms with Crippen LogP contribution in [0.25, 0.3) is 0 Å². The van der Waals surface area contributed by atoms with Gasteiger partial charge in [0.2, 0.25) is 0 Å². The highest BCUT2D eigenvalue weighted by Gasteiger charge is 2.26. The molecule has 0 bridgehead atoms. The van der Waals surface area contributed by atoms with Crippen LogP contribution in [0.4, 0.5) is 0 Å². The SMILES string of the molecule is CCC1CCC(C(=O)Cc2nc(C(C)(C)C)cs2)CC1. The average molecular weight is 293 g/mol. The van der Waals surface area contributed by atoms with Crippen molar-refractivity contribution in [1.29, 1.82) is 0 Å². The second kappa shape index (κ2) is 6.38. The van der Waals surface area contributed by atoms with Crippen molar-refractivity contribution in [2.24, 2.45) is 11.8 Å². The van der Waals surface area contributed by atoms with Gasteiger partial charge in [0.05, 0.1) is 12.1 Å². The topological polar surface area (TPSA) is 30.0 Å². The second-order valence-corrected chi connectivity index (χ2v) is 8.09. The summed E-state index contributed by atoms with van der Waals surface area (Å²) in [5, 5.41) is 3.11. The van der Waals surface area contributed by atoms with Crippen LogP contribution in [-0.4, -0.2) is 10.8 Å². The maximum atomic E-state index is 12.4. The van der Waals surface area contributed by atoms with Gasteiger partial charge in [-0.1, -0.05) is 34.1 Å². The Morgan fingerprint density at radius 1 is 1.30 bits per heavy atom. The second-order valence-electron chi connectivity index (χ2n) is 7.15. The molecule has 1 saturated carbocycles. The molecule has 20 heavy (non-hydrogen) atoms. The number of Topliss-reactive ketones (excluding diaryl/α,β-unsaturated/α-hetero) is 1. The highest BCUT2D eigenvalue weighted by molar-refractivity contribution is 7.09. The number of carbonyl (C=O) groups excluding carboxylic acids is 1. The minimum absolute atomic E-state index is 0.0803. The van der Waals surface area contributed by atoms with Crippen molar-refractivity contribution >= 4 is 17.1 Å². The molecule has 112 valence electrons. The molecule has 1 aliphatic carbocycles. The van der Waals surface area contributed by atoms with Gasteiger partial charge in [0, 0.05) is 16.7 Å². The maximum Gasteiger partial charge on any atom is 0.142 e. The molecule has 0 N–H and O–H groups in total. The number of ketones is 1. The number of thiazole rings is 1. The molecule has 1 heterocycles.